The number of aromatic hydroxyl groups is 1. The molecule has 184 valence electrons. The fourth-order valence-corrected chi connectivity index (χ4v) is 4.76. The van der Waals surface area contributed by atoms with Gasteiger partial charge in [0.05, 0.1) is 27.4 Å². The van der Waals surface area contributed by atoms with Gasteiger partial charge in [0.15, 0.2) is 0 Å². The molecule has 7 nitrogen and oxygen atoms in total. The number of hydrogen-bond donors (Lipinski definition) is 2. The van der Waals surface area contributed by atoms with Gasteiger partial charge in [0.1, 0.15) is 17.1 Å². The molecule has 0 fully saturated rings. The van der Waals surface area contributed by atoms with E-state index < -0.39 is 11.4 Å². The van der Waals surface area contributed by atoms with Crippen LogP contribution >= 0.6 is 11.6 Å². The number of pyridine rings is 1. The molecule has 1 aromatic heterocycles. The number of carboxylic acids is 1. The van der Waals surface area contributed by atoms with E-state index in [1.54, 1.807) is 36.5 Å². The Hall–Kier alpha value is -5.01. The van der Waals surface area contributed by atoms with E-state index >= 15 is 0 Å². The van der Waals surface area contributed by atoms with Crippen molar-refractivity contribution >= 4 is 51.3 Å². The van der Waals surface area contributed by atoms with Crippen LogP contribution in [0.25, 0.3) is 44.3 Å². The summed E-state index contributed by atoms with van der Waals surface area (Å²) in [5, 5.41) is 22.1. The summed E-state index contributed by atoms with van der Waals surface area (Å²) in [5.41, 5.74) is 2.75. The number of phenols is 1. The summed E-state index contributed by atoms with van der Waals surface area (Å²) >= 11 is 6.18. The molecule has 38 heavy (non-hydrogen) atoms. The van der Waals surface area contributed by atoms with Crippen LogP contribution in [0.4, 0.5) is 5.69 Å². The maximum absolute atomic E-state index is 12.4. The second kappa shape index (κ2) is 9.14. The highest BCUT2D eigenvalue weighted by molar-refractivity contribution is 6.31. The molecule has 2 heterocycles. The van der Waals surface area contributed by atoms with Crippen molar-refractivity contribution in [3.63, 3.8) is 0 Å². The molecule has 1 aliphatic heterocycles. The highest BCUT2D eigenvalue weighted by Gasteiger charge is 2.24. The average molecular weight is 521 g/mol. The first-order valence-corrected chi connectivity index (χ1v) is 11.9. The molecule has 2 N–H and O–H groups in total. The molecule has 0 atom stereocenters. The minimum absolute atomic E-state index is 0.0230. The van der Waals surface area contributed by atoms with Gasteiger partial charge in [0, 0.05) is 40.4 Å². The molecule has 0 saturated carbocycles. The van der Waals surface area contributed by atoms with Crippen LogP contribution in [0.2, 0.25) is 5.02 Å². The summed E-state index contributed by atoms with van der Waals surface area (Å²) in [6.45, 7) is 0. The molecule has 0 bridgehead atoms. The lowest BCUT2D eigenvalue weighted by molar-refractivity contribution is 0.0697. The first-order valence-electron chi connectivity index (χ1n) is 11.5. The molecule has 1 aliphatic carbocycles. The Morgan fingerprint density at radius 1 is 0.974 bits per heavy atom. The number of carboxylic acid groups (broad SMARTS) is 1. The molecule has 3 aromatic carbocycles. The van der Waals surface area contributed by atoms with Gasteiger partial charge >= 0.3 is 5.97 Å². The molecule has 0 amide bonds. The zero-order chi connectivity index (χ0) is 26.4. The summed E-state index contributed by atoms with van der Waals surface area (Å²) in [4.78, 5) is 33.5. The fraction of sp³-hybridized carbons (Fsp3) is 0. The Bertz CT molecular complexity index is 1960. The lowest BCUT2D eigenvalue weighted by Crippen LogP contribution is -2.05. The van der Waals surface area contributed by atoms with Crippen molar-refractivity contribution in [2.45, 2.75) is 0 Å². The predicted octanol–water partition coefficient (Wildman–Crippen LogP) is 6.92. The third-order valence-electron chi connectivity index (χ3n) is 6.33. The molecule has 0 spiro atoms. The van der Waals surface area contributed by atoms with Gasteiger partial charge in [-0.25, -0.2) is 4.79 Å². The molecular formula is C30H17ClN2O5. The third-order valence-corrected chi connectivity index (χ3v) is 6.62. The minimum Gasteiger partial charge on any atom is -0.507 e. The zero-order valence-corrected chi connectivity index (χ0v) is 20.3. The smallest absolute Gasteiger partial charge is 0.336 e. The summed E-state index contributed by atoms with van der Waals surface area (Å²) in [5.74, 6) is -1.03. The fourth-order valence-electron chi connectivity index (χ4n) is 4.59. The Labute approximate surface area is 220 Å². The SMILES string of the molecule is O=C(O)c1ccccc1-c1c2cc(Cl)c(=O)cc-2oc2c(C=Nc3cccc4cccnc34)c(O)ccc12. The second-order valence-corrected chi connectivity index (χ2v) is 9.00. The molecular weight excluding hydrogens is 504 g/mol. The number of para-hydroxylation sites is 1. The van der Waals surface area contributed by atoms with Gasteiger partial charge in [-0.3, -0.25) is 14.8 Å². The van der Waals surface area contributed by atoms with Crippen molar-refractivity contribution in [2.24, 2.45) is 4.99 Å². The Morgan fingerprint density at radius 3 is 2.63 bits per heavy atom. The monoisotopic (exact) mass is 520 g/mol. The maximum Gasteiger partial charge on any atom is 0.336 e. The molecule has 0 unspecified atom stereocenters. The largest absolute Gasteiger partial charge is 0.507 e. The highest BCUT2D eigenvalue weighted by Crippen LogP contribution is 2.44. The molecule has 2 aliphatic rings. The number of halogens is 1. The van der Waals surface area contributed by atoms with Crippen molar-refractivity contribution in [1.29, 1.82) is 0 Å². The quantitative estimate of drug-likeness (QED) is 0.193. The standard InChI is InChI=1S/C30H17ClN2O5/c31-22-13-20-26(14-25(22)35)38-29-19(27(20)17-7-1-2-8-18(17)30(36)37)10-11-24(34)21(29)15-33-23-9-3-5-16-6-4-12-32-28(16)23/h1-15,34H,(H,36,37). The summed E-state index contributed by atoms with van der Waals surface area (Å²) in [6.07, 6.45) is 3.15. The van der Waals surface area contributed by atoms with Crippen LogP contribution in [0.15, 0.2) is 99.3 Å². The van der Waals surface area contributed by atoms with Crippen molar-refractivity contribution < 1.29 is 19.4 Å². The molecule has 0 saturated heterocycles. The summed E-state index contributed by atoms with van der Waals surface area (Å²) < 4.78 is 6.16. The molecule has 0 radical (unpaired) electrons. The number of aliphatic imine (C=N–C) groups is 1. The maximum atomic E-state index is 12.4. The molecule has 8 heteroatoms. The van der Waals surface area contributed by atoms with E-state index in [4.69, 9.17) is 16.0 Å². The summed E-state index contributed by atoms with van der Waals surface area (Å²) in [6, 6.07) is 21.7. The van der Waals surface area contributed by atoms with Crippen LogP contribution in [0, 0.1) is 0 Å². The van der Waals surface area contributed by atoms with E-state index in [9.17, 15) is 19.8 Å². The number of aromatic carboxylic acids is 1. The van der Waals surface area contributed by atoms with Gasteiger partial charge in [0.25, 0.3) is 0 Å². The van der Waals surface area contributed by atoms with E-state index in [-0.39, 0.29) is 33.2 Å². The van der Waals surface area contributed by atoms with E-state index in [1.165, 1.54) is 30.5 Å². The van der Waals surface area contributed by atoms with Gasteiger partial charge < -0.3 is 14.6 Å². The second-order valence-electron chi connectivity index (χ2n) is 8.59. The zero-order valence-electron chi connectivity index (χ0n) is 19.6. The Kier molecular flexibility index (Phi) is 5.62. The van der Waals surface area contributed by atoms with Crippen LogP contribution in [0.1, 0.15) is 15.9 Å². The third kappa shape index (κ3) is 3.86. The van der Waals surface area contributed by atoms with Gasteiger partial charge in [-0.15, -0.1) is 0 Å². The number of nitrogens with zero attached hydrogens (tertiary/aromatic N) is 2. The lowest BCUT2D eigenvalue weighted by atomic mass is 9.90. The van der Waals surface area contributed by atoms with Crippen molar-refractivity contribution in [2.75, 3.05) is 0 Å². The number of benzene rings is 4. The van der Waals surface area contributed by atoms with Crippen LogP contribution in [0.3, 0.4) is 0 Å². The first-order chi connectivity index (χ1) is 18.4. The number of fused-ring (bicyclic) bond motifs is 3. The normalized spacial score (nSPS) is 11.6. The van der Waals surface area contributed by atoms with Crippen molar-refractivity contribution in [1.82, 2.24) is 4.98 Å². The van der Waals surface area contributed by atoms with E-state index in [0.29, 0.717) is 33.3 Å². The number of aromatic nitrogens is 1. The van der Waals surface area contributed by atoms with Crippen molar-refractivity contribution in [3.05, 3.63) is 111 Å². The van der Waals surface area contributed by atoms with Crippen LogP contribution in [-0.2, 0) is 0 Å². The topological polar surface area (TPSA) is 113 Å². The Morgan fingerprint density at radius 2 is 1.79 bits per heavy atom. The summed E-state index contributed by atoms with van der Waals surface area (Å²) in [7, 11) is 0. The first kappa shape index (κ1) is 23.4. The van der Waals surface area contributed by atoms with Gasteiger partial charge in [0.2, 0.25) is 5.43 Å². The van der Waals surface area contributed by atoms with E-state index in [2.05, 4.69) is 9.98 Å². The van der Waals surface area contributed by atoms with Crippen LogP contribution in [-0.4, -0.2) is 27.4 Å². The number of hydrogen-bond acceptors (Lipinski definition) is 6. The average Bonchev–Trinajstić information content (AvgIpc) is 2.92. The lowest BCUT2D eigenvalue weighted by Gasteiger charge is -2.18. The number of rotatable bonds is 4. The van der Waals surface area contributed by atoms with E-state index in [0.717, 1.165) is 5.39 Å². The van der Waals surface area contributed by atoms with Gasteiger partial charge in [-0.1, -0.05) is 48.0 Å². The predicted molar refractivity (Wildman–Crippen MR) is 147 cm³/mol. The number of phenolic OH excluding ortho intramolecular Hbond substituents is 1. The molecule has 4 aromatic rings. The minimum atomic E-state index is -1.11. The number of carbonyl (C=O) groups is 1. The van der Waals surface area contributed by atoms with Gasteiger partial charge in [-0.05, 0) is 42.0 Å². The Balaban J connectivity index is 1.69. The highest BCUT2D eigenvalue weighted by atomic mass is 35.5. The van der Waals surface area contributed by atoms with Gasteiger partial charge in [-0.2, -0.15) is 0 Å². The van der Waals surface area contributed by atoms with Crippen LogP contribution < -0.4 is 5.43 Å². The van der Waals surface area contributed by atoms with Crippen LogP contribution in [0.5, 0.6) is 5.75 Å². The van der Waals surface area contributed by atoms with E-state index in [1.807, 2.05) is 24.3 Å². The molecule has 6 rings (SSSR count). The van der Waals surface area contributed by atoms with Crippen molar-refractivity contribution in [3.8, 4) is 28.2 Å².